The van der Waals surface area contributed by atoms with Crippen LogP contribution in [0.1, 0.15) is 11.8 Å². The maximum atomic E-state index is 12.6. The molecule has 1 aromatic heterocycles. The molecular weight excluding hydrogens is 190 g/mol. The van der Waals surface area contributed by atoms with Gasteiger partial charge in [-0.15, -0.1) is 0 Å². The standard InChI is InChI=1S/C7H7F4NO/c8-6(9)7(10,11)5(12)4-2-1-3-13-4/h1-3,5-6H,12H2. The summed E-state index contributed by atoms with van der Waals surface area (Å²) < 4.78 is 53.2. The normalized spacial score (nSPS) is 14.9. The summed E-state index contributed by atoms with van der Waals surface area (Å²) in [4.78, 5) is 0. The molecule has 1 rings (SSSR count). The van der Waals surface area contributed by atoms with Gasteiger partial charge in [0.25, 0.3) is 0 Å². The Kier molecular flexibility index (Phi) is 2.60. The SMILES string of the molecule is NC(c1ccco1)C(F)(F)C(F)F. The van der Waals surface area contributed by atoms with Crippen LogP contribution < -0.4 is 5.73 Å². The van der Waals surface area contributed by atoms with Gasteiger partial charge in [-0.2, -0.15) is 8.78 Å². The van der Waals surface area contributed by atoms with Crippen LogP contribution in [0.15, 0.2) is 22.8 Å². The van der Waals surface area contributed by atoms with Gasteiger partial charge in [0.15, 0.2) is 0 Å². The first-order chi connectivity index (χ1) is 5.96. The average molecular weight is 197 g/mol. The number of rotatable bonds is 3. The highest BCUT2D eigenvalue weighted by molar-refractivity contribution is 5.08. The Morgan fingerprint density at radius 1 is 1.38 bits per heavy atom. The molecule has 2 nitrogen and oxygen atoms in total. The summed E-state index contributed by atoms with van der Waals surface area (Å²) in [6.07, 6.45) is -2.70. The minimum atomic E-state index is -4.27. The molecule has 2 N–H and O–H groups in total. The van der Waals surface area contributed by atoms with Crippen LogP contribution in [0.25, 0.3) is 0 Å². The Balaban J connectivity index is 2.84. The third-order valence-corrected chi connectivity index (χ3v) is 1.56. The predicted octanol–water partition coefficient (Wildman–Crippen LogP) is 2.18. The minimum Gasteiger partial charge on any atom is -0.467 e. The van der Waals surface area contributed by atoms with E-state index >= 15 is 0 Å². The van der Waals surface area contributed by atoms with E-state index in [0.29, 0.717) is 0 Å². The zero-order chi connectivity index (χ0) is 10.1. The van der Waals surface area contributed by atoms with Crippen LogP contribution in [0.2, 0.25) is 0 Å². The van der Waals surface area contributed by atoms with Gasteiger partial charge in [0.2, 0.25) is 0 Å². The van der Waals surface area contributed by atoms with E-state index in [9.17, 15) is 17.6 Å². The van der Waals surface area contributed by atoms with Gasteiger partial charge in [0.05, 0.1) is 6.26 Å². The van der Waals surface area contributed by atoms with Gasteiger partial charge < -0.3 is 10.2 Å². The number of hydrogen-bond acceptors (Lipinski definition) is 2. The van der Waals surface area contributed by atoms with Crippen molar-refractivity contribution < 1.29 is 22.0 Å². The molecule has 0 fully saturated rings. The van der Waals surface area contributed by atoms with Crippen LogP contribution in [0.4, 0.5) is 17.6 Å². The smallest absolute Gasteiger partial charge is 0.329 e. The third-order valence-electron chi connectivity index (χ3n) is 1.56. The molecule has 0 bridgehead atoms. The van der Waals surface area contributed by atoms with E-state index in [4.69, 9.17) is 5.73 Å². The van der Waals surface area contributed by atoms with Crippen LogP contribution in [-0.4, -0.2) is 12.3 Å². The Labute approximate surface area is 71.3 Å². The largest absolute Gasteiger partial charge is 0.467 e. The van der Waals surface area contributed by atoms with E-state index in [-0.39, 0.29) is 5.76 Å². The molecule has 0 aliphatic rings. The van der Waals surface area contributed by atoms with Crippen molar-refractivity contribution >= 4 is 0 Å². The van der Waals surface area contributed by atoms with Crippen molar-refractivity contribution in [1.82, 2.24) is 0 Å². The van der Waals surface area contributed by atoms with Crippen LogP contribution in [-0.2, 0) is 0 Å². The summed E-state index contributed by atoms with van der Waals surface area (Å²) >= 11 is 0. The zero-order valence-corrected chi connectivity index (χ0v) is 6.38. The third kappa shape index (κ3) is 1.82. The van der Waals surface area contributed by atoms with Crippen LogP contribution >= 0.6 is 0 Å². The first-order valence-electron chi connectivity index (χ1n) is 3.41. The fourth-order valence-corrected chi connectivity index (χ4v) is 0.794. The first-order valence-corrected chi connectivity index (χ1v) is 3.41. The maximum absolute atomic E-state index is 12.6. The minimum absolute atomic E-state index is 0.356. The highest BCUT2D eigenvalue weighted by atomic mass is 19.3. The number of alkyl halides is 4. The van der Waals surface area contributed by atoms with Gasteiger partial charge in [0, 0.05) is 0 Å². The first kappa shape index (κ1) is 10.0. The number of halogens is 4. The second-order valence-electron chi connectivity index (χ2n) is 2.47. The molecule has 0 radical (unpaired) electrons. The van der Waals surface area contributed by atoms with Crippen LogP contribution in [0, 0.1) is 0 Å². The lowest BCUT2D eigenvalue weighted by Gasteiger charge is -2.20. The molecule has 1 heterocycles. The van der Waals surface area contributed by atoms with Crippen LogP contribution in [0.5, 0.6) is 0 Å². The monoisotopic (exact) mass is 197 g/mol. The average Bonchev–Trinajstić information content (AvgIpc) is 2.54. The van der Waals surface area contributed by atoms with Crippen molar-refractivity contribution in [3.8, 4) is 0 Å². The summed E-state index contributed by atoms with van der Waals surface area (Å²) in [6, 6.07) is 0.319. The zero-order valence-electron chi connectivity index (χ0n) is 6.38. The fourth-order valence-electron chi connectivity index (χ4n) is 0.794. The summed E-state index contributed by atoms with van der Waals surface area (Å²) in [6.45, 7) is 0. The van der Waals surface area contributed by atoms with Crippen molar-refractivity contribution in [1.29, 1.82) is 0 Å². The lowest BCUT2D eigenvalue weighted by molar-refractivity contribution is -0.147. The van der Waals surface area contributed by atoms with E-state index in [1.807, 2.05) is 0 Å². The lowest BCUT2D eigenvalue weighted by Crippen LogP contribution is -2.39. The number of furan rings is 1. The van der Waals surface area contributed by atoms with Gasteiger partial charge in [0.1, 0.15) is 11.8 Å². The topological polar surface area (TPSA) is 39.2 Å². The van der Waals surface area contributed by atoms with E-state index in [1.54, 1.807) is 0 Å². The molecule has 0 aromatic carbocycles. The van der Waals surface area contributed by atoms with Crippen molar-refractivity contribution in [3.63, 3.8) is 0 Å². The summed E-state index contributed by atoms with van der Waals surface area (Å²) in [5.74, 6) is -4.62. The molecule has 0 aliphatic carbocycles. The van der Waals surface area contributed by atoms with Crippen molar-refractivity contribution in [3.05, 3.63) is 24.2 Å². The second kappa shape index (κ2) is 3.37. The summed E-state index contributed by atoms with van der Waals surface area (Å²) in [5.41, 5.74) is 4.89. The van der Waals surface area contributed by atoms with Gasteiger partial charge in [-0.25, -0.2) is 8.78 Å². The molecule has 74 valence electrons. The number of nitrogens with two attached hydrogens (primary N) is 1. The lowest BCUT2D eigenvalue weighted by atomic mass is 10.1. The van der Waals surface area contributed by atoms with E-state index in [0.717, 1.165) is 12.3 Å². The Bertz CT molecular complexity index is 259. The molecule has 1 unspecified atom stereocenters. The highest BCUT2D eigenvalue weighted by Gasteiger charge is 2.48. The quantitative estimate of drug-likeness (QED) is 0.754. The molecule has 0 spiro atoms. The molecule has 1 aromatic rings. The highest BCUT2D eigenvalue weighted by Crippen LogP contribution is 2.34. The Morgan fingerprint density at radius 2 is 2.00 bits per heavy atom. The predicted molar refractivity (Wildman–Crippen MR) is 36.6 cm³/mol. The molecule has 0 saturated carbocycles. The Morgan fingerprint density at radius 3 is 2.38 bits per heavy atom. The fraction of sp³-hybridized carbons (Fsp3) is 0.429. The second-order valence-corrected chi connectivity index (χ2v) is 2.47. The molecule has 6 heteroatoms. The van der Waals surface area contributed by atoms with Gasteiger partial charge in [-0.05, 0) is 12.1 Å². The molecule has 13 heavy (non-hydrogen) atoms. The molecular formula is C7H7F4NO. The molecule has 0 aliphatic heterocycles. The van der Waals surface area contributed by atoms with Crippen molar-refractivity contribution in [2.75, 3.05) is 0 Å². The Hall–Kier alpha value is -1.04. The maximum Gasteiger partial charge on any atom is 0.329 e. The van der Waals surface area contributed by atoms with Gasteiger partial charge >= 0.3 is 12.3 Å². The molecule has 1 atom stereocenters. The van der Waals surface area contributed by atoms with E-state index < -0.39 is 18.4 Å². The van der Waals surface area contributed by atoms with Crippen molar-refractivity contribution in [2.45, 2.75) is 18.4 Å². The van der Waals surface area contributed by atoms with Crippen LogP contribution in [0.3, 0.4) is 0 Å². The number of hydrogen-bond donors (Lipinski definition) is 1. The van der Waals surface area contributed by atoms with E-state index in [1.165, 1.54) is 6.07 Å². The van der Waals surface area contributed by atoms with Gasteiger partial charge in [-0.3, -0.25) is 0 Å². The molecule has 0 saturated heterocycles. The molecule has 0 amide bonds. The van der Waals surface area contributed by atoms with E-state index in [2.05, 4.69) is 4.42 Å². The van der Waals surface area contributed by atoms with Crippen molar-refractivity contribution in [2.24, 2.45) is 5.73 Å². The van der Waals surface area contributed by atoms with Gasteiger partial charge in [-0.1, -0.05) is 0 Å². The summed E-state index contributed by atoms with van der Waals surface area (Å²) in [7, 11) is 0. The summed E-state index contributed by atoms with van der Waals surface area (Å²) in [5, 5.41) is 0.